The average Bonchev–Trinajstić information content (AvgIpc) is 2.97. The van der Waals surface area contributed by atoms with Crippen LogP contribution in [0.15, 0.2) is 36.5 Å². The van der Waals surface area contributed by atoms with Gasteiger partial charge in [-0.1, -0.05) is 56.0 Å². The van der Waals surface area contributed by atoms with Gasteiger partial charge in [-0.3, -0.25) is 9.89 Å². The van der Waals surface area contributed by atoms with Crippen LogP contribution in [-0.2, 0) is 0 Å². The molecule has 23 heavy (non-hydrogen) atoms. The lowest BCUT2D eigenvalue weighted by Crippen LogP contribution is -2.42. The predicted molar refractivity (Wildman–Crippen MR) is 89.0 cm³/mol. The smallest absolute Gasteiger partial charge is 0.255 e. The van der Waals surface area contributed by atoms with E-state index in [1.54, 1.807) is 0 Å². The van der Waals surface area contributed by atoms with Gasteiger partial charge >= 0.3 is 0 Å². The summed E-state index contributed by atoms with van der Waals surface area (Å²) in [7, 11) is 0. The van der Waals surface area contributed by atoms with E-state index in [1.165, 1.54) is 6.20 Å². The summed E-state index contributed by atoms with van der Waals surface area (Å²) in [4.78, 5) is 12.5. The summed E-state index contributed by atoms with van der Waals surface area (Å²) in [6.07, 6.45) is 7.41. The Hall–Kier alpha value is -2.14. The van der Waals surface area contributed by atoms with Gasteiger partial charge in [0.15, 0.2) is 0 Å². The molecule has 1 aliphatic carbocycles. The van der Waals surface area contributed by atoms with Gasteiger partial charge in [0.25, 0.3) is 5.91 Å². The molecule has 1 aromatic carbocycles. The molecule has 122 valence electrons. The normalized spacial score (nSPS) is 17.4. The highest BCUT2D eigenvalue weighted by atomic mass is 16.3. The van der Waals surface area contributed by atoms with Crippen LogP contribution in [0.5, 0.6) is 0 Å². The van der Waals surface area contributed by atoms with Crippen LogP contribution in [0.4, 0.5) is 0 Å². The number of nitrogens with zero attached hydrogens (tertiary/aromatic N) is 1. The molecule has 5 heteroatoms. The summed E-state index contributed by atoms with van der Waals surface area (Å²) in [5.41, 5.74) is 1.36. The van der Waals surface area contributed by atoms with Crippen LogP contribution in [0, 0.1) is 0 Å². The molecular weight excluding hydrogens is 290 g/mol. The van der Waals surface area contributed by atoms with Crippen LogP contribution < -0.4 is 5.32 Å². The predicted octanol–water partition coefficient (Wildman–Crippen LogP) is 2.89. The molecule has 0 unspecified atom stereocenters. The highest BCUT2D eigenvalue weighted by molar-refractivity contribution is 5.99. The molecule has 0 atom stereocenters. The van der Waals surface area contributed by atoms with Gasteiger partial charge in [-0.25, -0.2) is 0 Å². The van der Waals surface area contributed by atoms with Crippen molar-refractivity contribution in [3.05, 3.63) is 42.1 Å². The molecule has 1 heterocycles. The van der Waals surface area contributed by atoms with E-state index in [2.05, 4.69) is 15.5 Å². The number of aliphatic hydroxyl groups is 1. The van der Waals surface area contributed by atoms with Crippen molar-refractivity contribution in [3.8, 4) is 11.3 Å². The minimum Gasteiger partial charge on any atom is -0.388 e. The van der Waals surface area contributed by atoms with Crippen molar-refractivity contribution in [1.82, 2.24) is 15.5 Å². The largest absolute Gasteiger partial charge is 0.388 e. The molecule has 3 rings (SSSR count). The van der Waals surface area contributed by atoms with Crippen LogP contribution in [-0.4, -0.2) is 33.4 Å². The fourth-order valence-corrected chi connectivity index (χ4v) is 3.19. The molecule has 0 aliphatic heterocycles. The lowest BCUT2D eigenvalue weighted by molar-refractivity contribution is 0.0246. The van der Waals surface area contributed by atoms with E-state index < -0.39 is 5.60 Å². The van der Waals surface area contributed by atoms with E-state index in [4.69, 9.17) is 0 Å². The lowest BCUT2D eigenvalue weighted by Gasteiger charge is -2.26. The fourth-order valence-electron chi connectivity index (χ4n) is 3.19. The first-order chi connectivity index (χ1) is 11.2. The highest BCUT2D eigenvalue weighted by Gasteiger charge is 2.29. The number of hydrogen-bond acceptors (Lipinski definition) is 3. The first-order valence-corrected chi connectivity index (χ1v) is 8.27. The Balaban J connectivity index is 1.69. The molecule has 0 bridgehead atoms. The van der Waals surface area contributed by atoms with Gasteiger partial charge in [0.2, 0.25) is 0 Å². The molecule has 5 nitrogen and oxygen atoms in total. The maximum absolute atomic E-state index is 12.5. The number of benzene rings is 1. The summed E-state index contributed by atoms with van der Waals surface area (Å²) >= 11 is 0. The minimum absolute atomic E-state index is 0.199. The molecule has 2 aromatic rings. The number of H-pyrrole nitrogens is 1. The third kappa shape index (κ3) is 3.79. The molecule has 1 saturated carbocycles. The Bertz CT molecular complexity index is 643. The van der Waals surface area contributed by atoms with E-state index in [0.29, 0.717) is 17.8 Å². The number of rotatable bonds is 4. The number of aromatic amines is 1. The van der Waals surface area contributed by atoms with Crippen molar-refractivity contribution in [1.29, 1.82) is 0 Å². The summed E-state index contributed by atoms with van der Waals surface area (Å²) in [6.45, 7) is 0.297. The van der Waals surface area contributed by atoms with Crippen molar-refractivity contribution in [2.24, 2.45) is 0 Å². The molecule has 0 radical (unpaired) electrons. The van der Waals surface area contributed by atoms with Gasteiger partial charge in [0.1, 0.15) is 0 Å². The SMILES string of the molecule is O=C(NCC1(O)CCCCCC1)c1cn[nH]c1-c1ccccc1. The maximum atomic E-state index is 12.5. The Kier molecular flexibility index (Phi) is 4.76. The second-order valence-corrected chi connectivity index (χ2v) is 6.35. The fraction of sp³-hybridized carbons (Fsp3) is 0.444. The Labute approximate surface area is 136 Å². The van der Waals surface area contributed by atoms with Crippen LogP contribution >= 0.6 is 0 Å². The number of hydrogen-bond donors (Lipinski definition) is 3. The number of carbonyl (C=O) groups excluding carboxylic acids is 1. The topological polar surface area (TPSA) is 78.0 Å². The third-order valence-corrected chi connectivity index (χ3v) is 4.56. The molecule has 3 N–H and O–H groups in total. The number of aromatic nitrogens is 2. The molecule has 1 aromatic heterocycles. The van der Waals surface area contributed by atoms with Crippen LogP contribution in [0.2, 0.25) is 0 Å². The van der Waals surface area contributed by atoms with Crippen molar-refractivity contribution in [2.45, 2.75) is 44.1 Å². The highest BCUT2D eigenvalue weighted by Crippen LogP contribution is 2.27. The van der Waals surface area contributed by atoms with E-state index in [1.807, 2.05) is 30.3 Å². The van der Waals surface area contributed by atoms with Crippen molar-refractivity contribution >= 4 is 5.91 Å². The molecule has 1 fully saturated rings. The van der Waals surface area contributed by atoms with Gasteiger partial charge in [-0.05, 0) is 12.8 Å². The number of nitrogens with one attached hydrogen (secondary N) is 2. The average molecular weight is 313 g/mol. The van der Waals surface area contributed by atoms with Gasteiger partial charge in [0, 0.05) is 12.1 Å². The standard InChI is InChI=1S/C18H23N3O2/c22-17(19-13-18(23)10-6-1-2-7-11-18)15-12-20-21-16(15)14-8-4-3-5-9-14/h3-5,8-9,12,23H,1-2,6-7,10-11,13H2,(H,19,22)(H,20,21). The molecule has 0 saturated heterocycles. The zero-order chi connectivity index (χ0) is 16.1. The lowest BCUT2D eigenvalue weighted by atomic mass is 9.94. The van der Waals surface area contributed by atoms with E-state index >= 15 is 0 Å². The zero-order valence-corrected chi connectivity index (χ0v) is 13.2. The van der Waals surface area contributed by atoms with Crippen molar-refractivity contribution in [3.63, 3.8) is 0 Å². The van der Waals surface area contributed by atoms with E-state index in [-0.39, 0.29) is 5.91 Å². The summed E-state index contributed by atoms with van der Waals surface area (Å²) in [5.74, 6) is -0.199. The zero-order valence-electron chi connectivity index (χ0n) is 13.2. The Morgan fingerprint density at radius 2 is 1.87 bits per heavy atom. The Morgan fingerprint density at radius 3 is 2.57 bits per heavy atom. The van der Waals surface area contributed by atoms with Gasteiger partial charge < -0.3 is 10.4 Å². The second kappa shape index (κ2) is 6.96. The monoisotopic (exact) mass is 313 g/mol. The first-order valence-electron chi connectivity index (χ1n) is 8.27. The second-order valence-electron chi connectivity index (χ2n) is 6.35. The number of amides is 1. The molecule has 1 amide bonds. The van der Waals surface area contributed by atoms with Crippen molar-refractivity contribution in [2.75, 3.05) is 6.54 Å². The molecule has 0 spiro atoms. The van der Waals surface area contributed by atoms with Crippen LogP contribution in [0.1, 0.15) is 48.9 Å². The quantitative estimate of drug-likeness (QED) is 0.760. The Morgan fingerprint density at radius 1 is 1.17 bits per heavy atom. The van der Waals surface area contributed by atoms with Gasteiger partial charge in [0.05, 0.1) is 23.1 Å². The van der Waals surface area contributed by atoms with Crippen LogP contribution in [0.25, 0.3) is 11.3 Å². The number of carbonyl (C=O) groups is 1. The van der Waals surface area contributed by atoms with E-state index in [9.17, 15) is 9.90 Å². The van der Waals surface area contributed by atoms with E-state index in [0.717, 1.165) is 44.1 Å². The maximum Gasteiger partial charge on any atom is 0.255 e. The summed E-state index contributed by atoms with van der Waals surface area (Å²) < 4.78 is 0. The molecular formula is C18H23N3O2. The van der Waals surface area contributed by atoms with Crippen LogP contribution in [0.3, 0.4) is 0 Å². The summed E-state index contributed by atoms with van der Waals surface area (Å²) in [6, 6.07) is 9.64. The van der Waals surface area contributed by atoms with Gasteiger partial charge in [-0.15, -0.1) is 0 Å². The van der Waals surface area contributed by atoms with Gasteiger partial charge in [-0.2, -0.15) is 5.10 Å². The minimum atomic E-state index is -0.775. The first kappa shape index (κ1) is 15.7. The summed E-state index contributed by atoms with van der Waals surface area (Å²) in [5, 5.41) is 20.4. The van der Waals surface area contributed by atoms with Crippen molar-refractivity contribution < 1.29 is 9.90 Å². The molecule has 1 aliphatic rings. The third-order valence-electron chi connectivity index (χ3n) is 4.56.